The monoisotopic (exact) mass is 314 g/mol. The van der Waals surface area contributed by atoms with E-state index in [-0.39, 0.29) is 12.1 Å². The van der Waals surface area contributed by atoms with Crippen molar-refractivity contribution < 1.29 is 9.94 Å². The van der Waals surface area contributed by atoms with Crippen LogP contribution < -0.4 is 0 Å². The van der Waals surface area contributed by atoms with Crippen LogP contribution in [0.2, 0.25) is 10.0 Å². The molecule has 20 heavy (non-hydrogen) atoms. The summed E-state index contributed by atoms with van der Waals surface area (Å²) in [6, 6.07) is 6.28. The fraction of sp³-hybridized carbons (Fsp3) is 0.500. The number of hydrogen-bond acceptors (Lipinski definition) is 4. The van der Waals surface area contributed by atoms with Crippen LogP contribution in [0.15, 0.2) is 23.4 Å². The van der Waals surface area contributed by atoms with Crippen LogP contribution in [0.3, 0.4) is 0 Å². The number of fused-ring (bicyclic) bond motifs is 2. The number of benzene rings is 1. The molecule has 0 aromatic heterocycles. The maximum absolute atomic E-state index is 8.99. The molecule has 2 unspecified atom stereocenters. The Hall–Kier alpha value is -0.810. The third-order valence-corrected chi connectivity index (χ3v) is 4.73. The van der Waals surface area contributed by atoms with Gasteiger partial charge in [0, 0.05) is 31.5 Å². The molecule has 0 saturated carbocycles. The zero-order valence-corrected chi connectivity index (χ0v) is 12.4. The Morgan fingerprint density at radius 3 is 2.50 bits per heavy atom. The van der Waals surface area contributed by atoms with Gasteiger partial charge in [-0.05, 0) is 17.7 Å². The number of oxime groups is 1. The first-order valence-corrected chi connectivity index (χ1v) is 7.40. The molecule has 0 spiro atoms. The fourth-order valence-electron chi connectivity index (χ4n) is 3.00. The molecule has 1 aromatic carbocycles. The van der Waals surface area contributed by atoms with Crippen LogP contribution in [0.4, 0.5) is 0 Å². The lowest BCUT2D eigenvalue weighted by Gasteiger charge is -2.45. The Bertz CT molecular complexity index is 520. The number of piperidine rings is 1. The lowest BCUT2D eigenvalue weighted by Crippen LogP contribution is -2.56. The van der Waals surface area contributed by atoms with Gasteiger partial charge in [-0.1, -0.05) is 34.4 Å². The molecule has 3 rings (SSSR count). The van der Waals surface area contributed by atoms with Crippen LogP contribution in [0.1, 0.15) is 18.4 Å². The Morgan fingerprint density at radius 1 is 1.20 bits per heavy atom. The molecular formula is C14H16Cl2N2O2. The maximum atomic E-state index is 8.99. The highest BCUT2D eigenvalue weighted by Crippen LogP contribution is 2.29. The van der Waals surface area contributed by atoms with Crippen molar-refractivity contribution in [1.29, 1.82) is 0 Å². The number of rotatable bonds is 2. The van der Waals surface area contributed by atoms with E-state index in [0.29, 0.717) is 23.3 Å². The third-order valence-electron chi connectivity index (χ3n) is 3.99. The van der Waals surface area contributed by atoms with Gasteiger partial charge in [-0.25, -0.2) is 0 Å². The van der Waals surface area contributed by atoms with Crippen LogP contribution >= 0.6 is 23.2 Å². The van der Waals surface area contributed by atoms with Crippen LogP contribution in [0.25, 0.3) is 0 Å². The van der Waals surface area contributed by atoms with Crippen molar-refractivity contribution in [3.05, 3.63) is 33.8 Å². The quantitative estimate of drug-likeness (QED) is 0.673. The summed E-state index contributed by atoms with van der Waals surface area (Å²) < 4.78 is 5.61. The summed E-state index contributed by atoms with van der Waals surface area (Å²) in [4.78, 5) is 2.41. The Balaban J connectivity index is 1.78. The normalized spacial score (nSPS) is 26.6. The summed E-state index contributed by atoms with van der Waals surface area (Å²) in [7, 11) is 0. The van der Waals surface area contributed by atoms with E-state index in [1.165, 1.54) is 0 Å². The average molecular weight is 315 g/mol. The van der Waals surface area contributed by atoms with Gasteiger partial charge < -0.3 is 9.94 Å². The Kier molecular flexibility index (Phi) is 4.17. The summed E-state index contributed by atoms with van der Waals surface area (Å²) in [5.41, 5.74) is 2.01. The molecule has 0 amide bonds. The molecule has 4 nitrogen and oxygen atoms in total. The van der Waals surface area contributed by atoms with Crippen molar-refractivity contribution in [2.75, 3.05) is 13.2 Å². The first-order valence-electron chi connectivity index (χ1n) is 6.64. The van der Waals surface area contributed by atoms with Gasteiger partial charge in [0.15, 0.2) is 0 Å². The third kappa shape index (κ3) is 2.79. The molecule has 6 heteroatoms. The molecule has 2 heterocycles. The fourth-order valence-corrected chi connectivity index (χ4v) is 3.32. The van der Waals surface area contributed by atoms with Crippen molar-refractivity contribution >= 4 is 28.9 Å². The topological polar surface area (TPSA) is 45.1 Å². The number of hydrogen-bond donors (Lipinski definition) is 1. The van der Waals surface area contributed by atoms with E-state index in [4.69, 9.17) is 33.1 Å². The van der Waals surface area contributed by atoms with Crippen LogP contribution in [-0.4, -0.2) is 41.1 Å². The molecule has 2 aliphatic heterocycles. The van der Waals surface area contributed by atoms with E-state index in [9.17, 15) is 0 Å². The lowest BCUT2D eigenvalue weighted by molar-refractivity contribution is -0.0574. The second-order valence-corrected chi connectivity index (χ2v) is 6.15. The predicted molar refractivity (Wildman–Crippen MR) is 78.9 cm³/mol. The predicted octanol–water partition coefficient (Wildman–Crippen LogP) is 3.19. The zero-order chi connectivity index (χ0) is 14.1. The van der Waals surface area contributed by atoms with Crippen molar-refractivity contribution in [3.8, 4) is 0 Å². The largest absolute Gasteiger partial charge is 0.411 e. The molecule has 108 valence electrons. The highest BCUT2D eigenvalue weighted by atomic mass is 35.5. The van der Waals surface area contributed by atoms with Gasteiger partial charge in [-0.3, -0.25) is 4.90 Å². The number of ether oxygens (including phenoxy) is 1. The second-order valence-electron chi connectivity index (χ2n) is 5.34. The summed E-state index contributed by atoms with van der Waals surface area (Å²) in [5.74, 6) is 0. The lowest BCUT2D eigenvalue weighted by atomic mass is 9.92. The first kappa shape index (κ1) is 14.1. The minimum absolute atomic E-state index is 0.267. The highest BCUT2D eigenvalue weighted by molar-refractivity contribution is 6.42. The molecule has 2 fully saturated rings. The molecule has 2 bridgehead atoms. The molecule has 2 saturated heterocycles. The standard InChI is InChI=1S/C14H16Cl2N2O2/c15-13-2-1-9(3-14(13)16)6-18-11-4-10(17-19)5-12(18)8-20-7-11/h1-3,11-12,19H,4-8H2. The molecular weight excluding hydrogens is 299 g/mol. The minimum atomic E-state index is 0.267. The van der Waals surface area contributed by atoms with E-state index in [1.807, 2.05) is 18.2 Å². The number of halogens is 2. The van der Waals surface area contributed by atoms with Crippen molar-refractivity contribution in [2.24, 2.45) is 5.16 Å². The molecule has 0 radical (unpaired) electrons. The summed E-state index contributed by atoms with van der Waals surface area (Å²) >= 11 is 12.0. The summed E-state index contributed by atoms with van der Waals surface area (Å²) in [5, 5.41) is 13.5. The van der Waals surface area contributed by atoms with Crippen LogP contribution in [-0.2, 0) is 11.3 Å². The Morgan fingerprint density at radius 2 is 1.90 bits per heavy atom. The number of nitrogens with zero attached hydrogens (tertiary/aromatic N) is 2. The SMILES string of the molecule is ON=C1CC2COCC(C1)N2Cc1ccc(Cl)c(Cl)c1. The highest BCUT2D eigenvalue weighted by Gasteiger charge is 2.37. The van der Waals surface area contributed by atoms with Gasteiger partial charge in [-0.15, -0.1) is 0 Å². The van der Waals surface area contributed by atoms with E-state index in [1.54, 1.807) is 0 Å². The van der Waals surface area contributed by atoms with Crippen molar-refractivity contribution in [3.63, 3.8) is 0 Å². The molecule has 2 atom stereocenters. The van der Waals surface area contributed by atoms with Gasteiger partial charge in [0.1, 0.15) is 0 Å². The van der Waals surface area contributed by atoms with Crippen molar-refractivity contribution in [2.45, 2.75) is 31.5 Å². The second kappa shape index (κ2) is 5.90. The average Bonchev–Trinajstić information content (AvgIpc) is 2.42. The minimum Gasteiger partial charge on any atom is -0.411 e. The molecule has 0 aliphatic carbocycles. The maximum Gasteiger partial charge on any atom is 0.0626 e. The van der Waals surface area contributed by atoms with E-state index < -0.39 is 0 Å². The first-order chi connectivity index (χ1) is 9.67. The molecule has 1 N–H and O–H groups in total. The van der Waals surface area contributed by atoms with E-state index in [0.717, 1.165) is 30.7 Å². The zero-order valence-electron chi connectivity index (χ0n) is 10.9. The molecule has 1 aromatic rings. The van der Waals surface area contributed by atoms with Gasteiger partial charge >= 0.3 is 0 Å². The van der Waals surface area contributed by atoms with Crippen molar-refractivity contribution in [1.82, 2.24) is 4.90 Å². The van der Waals surface area contributed by atoms with E-state index in [2.05, 4.69) is 10.1 Å². The number of morpholine rings is 1. The van der Waals surface area contributed by atoms with E-state index >= 15 is 0 Å². The van der Waals surface area contributed by atoms with Gasteiger partial charge in [-0.2, -0.15) is 0 Å². The Labute approximate surface area is 127 Å². The smallest absolute Gasteiger partial charge is 0.0626 e. The van der Waals surface area contributed by atoms with Crippen LogP contribution in [0, 0.1) is 0 Å². The summed E-state index contributed by atoms with van der Waals surface area (Å²) in [6.45, 7) is 2.17. The van der Waals surface area contributed by atoms with Crippen LogP contribution in [0.5, 0.6) is 0 Å². The van der Waals surface area contributed by atoms with Gasteiger partial charge in [0.25, 0.3) is 0 Å². The summed E-state index contributed by atoms with van der Waals surface area (Å²) in [6.07, 6.45) is 1.52. The van der Waals surface area contributed by atoms with Gasteiger partial charge in [0.05, 0.1) is 29.0 Å². The van der Waals surface area contributed by atoms with Gasteiger partial charge in [0.2, 0.25) is 0 Å². The molecule has 2 aliphatic rings.